The summed E-state index contributed by atoms with van der Waals surface area (Å²) in [5.74, 6) is -0.718. The molecule has 4 aromatic carbocycles. The second kappa shape index (κ2) is 14.8. The van der Waals surface area contributed by atoms with Crippen molar-refractivity contribution in [3.63, 3.8) is 0 Å². The fraction of sp³-hybridized carbons (Fsp3) is 0.162. The van der Waals surface area contributed by atoms with Gasteiger partial charge < -0.3 is 23.7 Å². The van der Waals surface area contributed by atoms with Gasteiger partial charge >= 0.3 is 17.9 Å². The lowest BCUT2D eigenvalue weighted by Crippen LogP contribution is -2.36. The highest BCUT2D eigenvalue weighted by Crippen LogP contribution is 2.32. The predicted octanol–water partition coefficient (Wildman–Crippen LogP) is 6.04. The summed E-state index contributed by atoms with van der Waals surface area (Å²) in [5, 5.41) is 4.81. The van der Waals surface area contributed by atoms with Crippen LogP contribution in [-0.4, -0.2) is 55.5 Å². The molecule has 2 aliphatic heterocycles. The lowest BCUT2D eigenvalue weighted by molar-refractivity contribution is -0.411. The Labute approximate surface area is 275 Å². The average molecular weight is 651 g/mol. The van der Waals surface area contributed by atoms with Crippen LogP contribution < -0.4 is 14.5 Å². The highest BCUT2D eigenvalue weighted by atomic mass is 17.5. The lowest BCUT2D eigenvalue weighted by atomic mass is 10.1. The Balaban J connectivity index is 0.953. The molecule has 2 aliphatic rings. The number of fused-ring (bicyclic) bond motifs is 1. The third-order valence-corrected chi connectivity index (χ3v) is 7.63. The molecule has 0 aromatic heterocycles. The SMILES string of the molecule is C=Cc1ccc(OOOc2ccc(C(=O)O[C@@H]3CO[C@@H]4[C@H]3OC[C@H]4OC(=O)c3ccc(OC(=O)c4ccc(C=C)cc4)cc3)cc2)cc1. The van der Waals surface area contributed by atoms with E-state index in [1.54, 1.807) is 48.6 Å². The van der Waals surface area contributed by atoms with Crippen molar-refractivity contribution in [2.24, 2.45) is 0 Å². The molecule has 0 aliphatic carbocycles. The maximum atomic E-state index is 12.9. The zero-order valence-corrected chi connectivity index (χ0v) is 25.5. The average Bonchev–Trinajstić information content (AvgIpc) is 3.72. The Morgan fingerprint density at radius 2 is 0.917 bits per heavy atom. The van der Waals surface area contributed by atoms with E-state index in [9.17, 15) is 14.4 Å². The molecule has 2 heterocycles. The summed E-state index contributed by atoms with van der Waals surface area (Å²) in [4.78, 5) is 48.3. The van der Waals surface area contributed by atoms with Crippen molar-refractivity contribution in [3.05, 3.63) is 138 Å². The van der Waals surface area contributed by atoms with Crippen LogP contribution in [0.4, 0.5) is 0 Å². The van der Waals surface area contributed by atoms with E-state index in [0.29, 0.717) is 17.1 Å². The first kappa shape index (κ1) is 32.2. The van der Waals surface area contributed by atoms with E-state index in [2.05, 4.69) is 13.2 Å². The van der Waals surface area contributed by atoms with Crippen LogP contribution in [0.15, 0.2) is 110 Å². The first-order chi connectivity index (χ1) is 23.4. The zero-order chi connectivity index (χ0) is 33.5. The van der Waals surface area contributed by atoms with Crippen molar-refractivity contribution < 1.29 is 52.9 Å². The summed E-state index contributed by atoms with van der Waals surface area (Å²) >= 11 is 0. The van der Waals surface area contributed by atoms with Gasteiger partial charge in [0.2, 0.25) is 0 Å². The summed E-state index contributed by atoms with van der Waals surface area (Å²) in [6.07, 6.45) is 0.756. The van der Waals surface area contributed by atoms with Crippen molar-refractivity contribution in [2.75, 3.05) is 13.2 Å². The molecule has 0 spiro atoms. The van der Waals surface area contributed by atoms with Gasteiger partial charge in [0, 0.05) is 5.04 Å². The van der Waals surface area contributed by atoms with Crippen LogP contribution in [0, 0.1) is 0 Å². The van der Waals surface area contributed by atoms with Gasteiger partial charge in [-0.05, 0) is 83.9 Å². The molecule has 0 N–H and O–H groups in total. The van der Waals surface area contributed by atoms with E-state index >= 15 is 0 Å². The smallest absolute Gasteiger partial charge is 0.343 e. The van der Waals surface area contributed by atoms with E-state index in [-0.39, 0.29) is 30.1 Å². The fourth-order valence-electron chi connectivity index (χ4n) is 5.02. The topological polar surface area (TPSA) is 125 Å². The standard InChI is InChI=1S/C37H30O11/c1-3-23-5-9-25(10-6-23)35(38)43-28-17-11-26(12-18-28)36(39)44-31-21-41-34-32(22-42-33(31)34)45-37(40)27-13-19-30(20-14-27)47-48-46-29-15-7-24(4-2)8-16-29/h3-20,31-34H,1-2,21-22H2/t31-,32-,33+,34+/m1/s1. The van der Waals surface area contributed by atoms with Crippen molar-refractivity contribution in [1.29, 1.82) is 0 Å². The van der Waals surface area contributed by atoms with Gasteiger partial charge in [-0.1, -0.05) is 49.6 Å². The number of benzene rings is 4. The minimum Gasteiger partial charge on any atom is -0.453 e. The van der Waals surface area contributed by atoms with Crippen molar-refractivity contribution in [2.45, 2.75) is 24.4 Å². The first-order valence-corrected chi connectivity index (χ1v) is 14.9. The third kappa shape index (κ3) is 7.61. The Morgan fingerprint density at radius 3 is 1.38 bits per heavy atom. The van der Waals surface area contributed by atoms with Gasteiger partial charge in [0.05, 0.1) is 29.9 Å². The molecular formula is C37H30O11. The summed E-state index contributed by atoms with van der Waals surface area (Å²) in [6.45, 7) is 7.53. The molecular weight excluding hydrogens is 620 g/mol. The molecule has 2 saturated heterocycles. The highest BCUT2D eigenvalue weighted by molar-refractivity contribution is 5.92. The van der Waals surface area contributed by atoms with E-state index in [1.165, 1.54) is 48.5 Å². The van der Waals surface area contributed by atoms with Crippen LogP contribution in [0.2, 0.25) is 0 Å². The van der Waals surface area contributed by atoms with Gasteiger partial charge in [-0.25, -0.2) is 14.4 Å². The normalized spacial score (nSPS) is 19.4. The van der Waals surface area contributed by atoms with Crippen LogP contribution in [0.1, 0.15) is 42.2 Å². The van der Waals surface area contributed by atoms with E-state index in [0.717, 1.165) is 11.1 Å². The van der Waals surface area contributed by atoms with Crippen molar-refractivity contribution in [1.82, 2.24) is 0 Å². The molecule has 11 heteroatoms. The first-order valence-electron chi connectivity index (χ1n) is 14.9. The Bertz CT molecular complexity index is 1760. The molecule has 0 amide bonds. The summed E-state index contributed by atoms with van der Waals surface area (Å²) in [5.41, 5.74) is 2.72. The molecule has 48 heavy (non-hydrogen) atoms. The molecule has 244 valence electrons. The maximum Gasteiger partial charge on any atom is 0.343 e. The fourth-order valence-corrected chi connectivity index (χ4v) is 5.02. The number of rotatable bonds is 12. The Hall–Kier alpha value is -5.75. The number of carbonyl (C=O) groups is 3. The van der Waals surface area contributed by atoms with E-state index in [4.69, 9.17) is 38.5 Å². The largest absolute Gasteiger partial charge is 0.453 e. The molecule has 6 rings (SSSR count). The van der Waals surface area contributed by atoms with Gasteiger partial charge in [-0.2, -0.15) is 0 Å². The molecule has 0 radical (unpaired) electrons. The van der Waals surface area contributed by atoms with Crippen molar-refractivity contribution in [3.8, 4) is 17.2 Å². The molecule has 11 nitrogen and oxygen atoms in total. The number of hydrogen-bond acceptors (Lipinski definition) is 11. The minimum atomic E-state index is -0.708. The molecule has 0 unspecified atom stereocenters. The van der Waals surface area contributed by atoms with E-state index < -0.39 is 42.3 Å². The number of esters is 3. The van der Waals surface area contributed by atoms with Crippen LogP contribution in [0.3, 0.4) is 0 Å². The van der Waals surface area contributed by atoms with Crippen LogP contribution in [0.25, 0.3) is 12.2 Å². The molecule has 2 fully saturated rings. The van der Waals surface area contributed by atoms with Gasteiger partial charge in [0.15, 0.2) is 23.7 Å². The van der Waals surface area contributed by atoms with Gasteiger partial charge in [0.25, 0.3) is 0 Å². The van der Waals surface area contributed by atoms with Crippen molar-refractivity contribution >= 4 is 30.1 Å². The summed E-state index contributed by atoms with van der Waals surface area (Å²) in [7, 11) is 0. The highest BCUT2D eigenvalue weighted by Gasteiger charge is 2.51. The molecule has 4 atom stereocenters. The zero-order valence-electron chi connectivity index (χ0n) is 25.5. The van der Waals surface area contributed by atoms with Gasteiger partial charge in [-0.15, -0.1) is 0 Å². The third-order valence-electron chi connectivity index (χ3n) is 7.63. The van der Waals surface area contributed by atoms with E-state index in [1.807, 2.05) is 12.1 Å². The molecule has 4 aromatic rings. The predicted molar refractivity (Wildman–Crippen MR) is 171 cm³/mol. The maximum absolute atomic E-state index is 12.9. The molecule has 0 saturated carbocycles. The lowest BCUT2D eigenvalue weighted by Gasteiger charge is -2.17. The van der Waals surface area contributed by atoms with Crippen LogP contribution in [-0.2, 0) is 24.0 Å². The van der Waals surface area contributed by atoms with Crippen LogP contribution in [0.5, 0.6) is 17.2 Å². The summed E-state index contributed by atoms with van der Waals surface area (Å²) in [6, 6.07) is 25.9. The van der Waals surface area contributed by atoms with Gasteiger partial charge in [-0.3, -0.25) is 9.78 Å². The number of hydrogen-bond donors (Lipinski definition) is 0. The van der Waals surface area contributed by atoms with Crippen LogP contribution >= 0.6 is 0 Å². The number of ether oxygens (including phenoxy) is 5. The Morgan fingerprint density at radius 1 is 0.542 bits per heavy atom. The monoisotopic (exact) mass is 650 g/mol. The second-order valence-corrected chi connectivity index (χ2v) is 10.8. The molecule has 0 bridgehead atoms. The van der Waals surface area contributed by atoms with Gasteiger partial charge in [0.1, 0.15) is 18.0 Å². The number of carbonyl (C=O) groups excluding carboxylic acids is 3. The quantitative estimate of drug-likeness (QED) is 0.0771. The summed E-state index contributed by atoms with van der Waals surface area (Å²) < 4.78 is 28.3. The minimum absolute atomic E-state index is 0.0714. The second-order valence-electron chi connectivity index (χ2n) is 10.8. The Kier molecular flexibility index (Phi) is 9.91.